The quantitative estimate of drug-likeness (QED) is 0.695. The van der Waals surface area contributed by atoms with Gasteiger partial charge in [-0.2, -0.15) is 0 Å². The molecule has 128 valence electrons. The van der Waals surface area contributed by atoms with Crippen molar-refractivity contribution in [1.82, 2.24) is 34.6 Å². The van der Waals surface area contributed by atoms with Gasteiger partial charge in [-0.3, -0.25) is 9.88 Å². The fourth-order valence-corrected chi connectivity index (χ4v) is 2.92. The smallest absolute Gasteiger partial charge is 0.316 e. The summed E-state index contributed by atoms with van der Waals surface area (Å²) >= 11 is 0. The van der Waals surface area contributed by atoms with Gasteiger partial charge in [0.2, 0.25) is 0 Å². The van der Waals surface area contributed by atoms with E-state index in [0.717, 1.165) is 49.2 Å². The maximum Gasteiger partial charge on any atom is 0.316 e. The summed E-state index contributed by atoms with van der Waals surface area (Å²) < 4.78 is 7.70. The normalized spacial score (nSPS) is 14.3. The van der Waals surface area contributed by atoms with Gasteiger partial charge in [-0.1, -0.05) is 6.07 Å². The lowest BCUT2D eigenvalue weighted by molar-refractivity contribution is 0.198. The standard InChI is InChI=1S/C17H19N7O/c1-13-4-2-5-14(20-13)10-23-8-9-24-15(11-23)21-22-16(24)12-25-17-18-6-3-7-19-17/h2-7H,8-12H2,1H3. The molecular formula is C17H19N7O. The van der Waals surface area contributed by atoms with Gasteiger partial charge in [0.1, 0.15) is 5.82 Å². The molecule has 0 saturated heterocycles. The number of ether oxygens (including phenoxy) is 1. The number of aryl methyl sites for hydroxylation is 1. The molecule has 3 aromatic heterocycles. The topological polar surface area (TPSA) is 81.9 Å². The molecule has 0 spiro atoms. The highest BCUT2D eigenvalue weighted by Gasteiger charge is 2.21. The predicted molar refractivity (Wildman–Crippen MR) is 89.5 cm³/mol. The van der Waals surface area contributed by atoms with Gasteiger partial charge >= 0.3 is 6.01 Å². The SMILES string of the molecule is Cc1cccc(CN2CCn3c(COc4ncccn4)nnc3C2)n1. The van der Waals surface area contributed by atoms with E-state index < -0.39 is 0 Å². The number of aromatic nitrogens is 6. The Morgan fingerprint density at radius 3 is 2.80 bits per heavy atom. The third-order valence-corrected chi connectivity index (χ3v) is 4.11. The summed E-state index contributed by atoms with van der Waals surface area (Å²) in [5.74, 6) is 1.75. The van der Waals surface area contributed by atoms with E-state index in [-0.39, 0.29) is 0 Å². The van der Waals surface area contributed by atoms with Crippen LogP contribution in [0.1, 0.15) is 23.0 Å². The molecule has 0 atom stereocenters. The Morgan fingerprint density at radius 2 is 1.96 bits per heavy atom. The van der Waals surface area contributed by atoms with E-state index in [2.05, 4.69) is 40.7 Å². The van der Waals surface area contributed by atoms with Gasteiger partial charge in [0.15, 0.2) is 12.4 Å². The van der Waals surface area contributed by atoms with Crippen LogP contribution in [0.25, 0.3) is 0 Å². The molecule has 25 heavy (non-hydrogen) atoms. The molecule has 0 bridgehead atoms. The average molecular weight is 337 g/mol. The summed E-state index contributed by atoms with van der Waals surface area (Å²) in [6.07, 6.45) is 3.30. The first kappa shape index (κ1) is 15.6. The molecular weight excluding hydrogens is 318 g/mol. The van der Waals surface area contributed by atoms with E-state index in [1.807, 2.05) is 19.1 Å². The van der Waals surface area contributed by atoms with Crippen LogP contribution in [0.4, 0.5) is 0 Å². The summed E-state index contributed by atoms with van der Waals surface area (Å²) in [5, 5.41) is 8.57. The summed E-state index contributed by atoms with van der Waals surface area (Å²) in [7, 11) is 0. The van der Waals surface area contributed by atoms with Crippen molar-refractivity contribution in [3.63, 3.8) is 0 Å². The Balaban J connectivity index is 1.40. The van der Waals surface area contributed by atoms with Crippen molar-refractivity contribution in [2.75, 3.05) is 6.54 Å². The van der Waals surface area contributed by atoms with Gasteiger partial charge < -0.3 is 9.30 Å². The maximum absolute atomic E-state index is 5.58. The van der Waals surface area contributed by atoms with Crippen LogP contribution in [0.5, 0.6) is 6.01 Å². The van der Waals surface area contributed by atoms with Crippen molar-refractivity contribution in [3.8, 4) is 6.01 Å². The average Bonchev–Trinajstić information content (AvgIpc) is 3.03. The molecule has 8 nitrogen and oxygen atoms in total. The molecule has 1 aliphatic heterocycles. The minimum atomic E-state index is 0.316. The van der Waals surface area contributed by atoms with Gasteiger partial charge in [0, 0.05) is 37.7 Å². The van der Waals surface area contributed by atoms with Crippen LogP contribution in [0.3, 0.4) is 0 Å². The molecule has 1 aliphatic rings. The van der Waals surface area contributed by atoms with E-state index >= 15 is 0 Å². The number of nitrogens with zero attached hydrogens (tertiary/aromatic N) is 7. The van der Waals surface area contributed by atoms with Gasteiger partial charge in [-0.15, -0.1) is 10.2 Å². The highest BCUT2D eigenvalue weighted by atomic mass is 16.5. The molecule has 0 N–H and O–H groups in total. The summed E-state index contributed by atoms with van der Waals surface area (Å²) in [5.41, 5.74) is 2.12. The van der Waals surface area contributed by atoms with Crippen molar-refractivity contribution in [1.29, 1.82) is 0 Å². The van der Waals surface area contributed by atoms with E-state index in [0.29, 0.717) is 12.6 Å². The molecule has 0 fully saturated rings. The van der Waals surface area contributed by atoms with Crippen molar-refractivity contribution in [3.05, 3.63) is 59.7 Å². The third kappa shape index (κ3) is 3.63. The fourth-order valence-electron chi connectivity index (χ4n) is 2.92. The predicted octanol–water partition coefficient (Wildman–Crippen LogP) is 1.37. The van der Waals surface area contributed by atoms with Crippen LogP contribution in [0.15, 0.2) is 36.7 Å². The first-order valence-electron chi connectivity index (χ1n) is 8.23. The first-order chi connectivity index (χ1) is 12.3. The molecule has 3 aromatic rings. The van der Waals surface area contributed by atoms with E-state index in [9.17, 15) is 0 Å². The number of rotatable bonds is 5. The lowest BCUT2D eigenvalue weighted by Crippen LogP contribution is -2.34. The van der Waals surface area contributed by atoms with Gasteiger partial charge in [-0.05, 0) is 25.1 Å². The van der Waals surface area contributed by atoms with Crippen molar-refractivity contribution < 1.29 is 4.74 Å². The molecule has 0 amide bonds. The molecule has 0 saturated carbocycles. The molecule has 4 heterocycles. The van der Waals surface area contributed by atoms with Crippen LogP contribution in [0.2, 0.25) is 0 Å². The Hall–Kier alpha value is -2.87. The number of pyridine rings is 1. The molecule has 8 heteroatoms. The summed E-state index contributed by atoms with van der Waals surface area (Å²) in [6, 6.07) is 8.22. The van der Waals surface area contributed by atoms with Crippen molar-refractivity contribution in [2.24, 2.45) is 0 Å². The zero-order valence-electron chi connectivity index (χ0n) is 14.0. The monoisotopic (exact) mass is 337 g/mol. The minimum absolute atomic E-state index is 0.316. The number of hydrogen-bond donors (Lipinski definition) is 0. The van der Waals surface area contributed by atoms with Crippen LogP contribution < -0.4 is 4.74 Å². The fraction of sp³-hybridized carbons (Fsp3) is 0.353. The lowest BCUT2D eigenvalue weighted by Gasteiger charge is -2.27. The van der Waals surface area contributed by atoms with Crippen LogP contribution >= 0.6 is 0 Å². The van der Waals surface area contributed by atoms with Crippen molar-refractivity contribution in [2.45, 2.75) is 33.2 Å². The Kier molecular flexibility index (Phi) is 4.34. The molecule has 0 unspecified atom stereocenters. The zero-order valence-corrected chi connectivity index (χ0v) is 14.0. The Bertz CT molecular complexity index is 849. The maximum atomic E-state index is 5.58. The van der Waals surface area contributed by atoms with Crippen molar-refractivity contribution >= 4 is 0 Å². The van der Waals surface area contributed by atoms with Crippen LogP contribution in [-0.2, 0) is 26.2 Å². The summed E-state index contributed by atoms with van der Waals surface area (Å²) in [6.45, 7) is 5.66. The van der Waals surface area contributed by atoms with Gasteiger partial charge in [0.05, 0.1) is 12.2 Å². The number of hydrogen-bond acceptors (Lipinski definition) is 7. The largest absolute Gasteiger partial charge is 0.455 e. The minimum Gasteiger partial charge on any atom is -0.455 e. The highest BCUT2D eigenvalue weighted by Crippen LogP contribution is 2.15. The van der Waals surface area contributed by atoms with E-state index in [4.69, 9.17) is 4.74 Å². The van der Waals surface area contributed by atoms with Gasteiger partial charge in [-0.25, -0.2) is 9.97 Å². The molecule has 0 aliphatic carbocycles. The second-order valence-corrected chi connectivity index (χ2v) is 5.99. The van der Waals surface area contributed by atoms with Crippen LogP contribution in [-0.4, -0.2) is 41.2 Å². The second kappa shape index (κ2) is 6.94. The van der Waals surface area contributed by atoms with Crippen LogP contribution in [0, 0.1) is 6.92 Å². The van der Waals surface area contributed by atoms with E-state index in [1.165, 1.54) is 0 Å². The Labute approximate surface area is 145 Å². The molecule has 4 rings (SSSR count). The first-order valence-corrected chi connectivity index (χ1v) is 8.23. The van der Waals surface area contributed by atoms with E-state index in [1.54, 1.807) is 18.5 Å². The molecule has 0 radical (unpaired) electrons. The zero-order chi connectivity index (χ0) is 17.1. The number of fused-ring (bicyclic) bond motifs is 1. The lowest BCUT2D eigenvalue weighted by atomic mass is 10.2. The highest BCUT2D eigenvalue weighted by molar-refractivity contribution is 5.10. The third-order valence-electron chi connectivity index (χ3n) is 4.11. The summed E-state index contributed by atoms with van der Waals surface area (Å²) in [4.78, 5) is 15.0. The Morgan fingerprint density at radius 1 is 1.08 bits per heavy atom. The van der Waals surface area contributed by atoms with Gasteiger partial charge in [0.25, 0.3) is 0 Å². The second-order valence-electron chi connectivity index (χ2n) is 5.99. The molecule has 0 aromatic carbocycles.